The van der Waals surface area contributed by atoms with Gasteiger partial charge in [0.05, 0.1) is 10.8 Å². The summed E-state index contributed by atoms with van der Waals surface area (Å²) in [7, 11) is 0. The number of carbonyl (C=O) groups excluding carboxylic acids is 2. The van der Waals surface area contributed by atoms with Crippen LogP contribution >= 0.6 is 11.8 Å². The van der Waals surface area contributed by atoms with Gasteiger partial charge in [-0.3, -0.25) is 10.1 Å². The Balaban J connectivity index is 1.57. The van der Waals surface area contributed by atoms with Crippen molar-refractivity contribution in [2.24, 2.45) is 0 Å². The number of carbonyl (C=O) groups is 2. The summed E-state index contributed by atoms with van der Waals surface area (Å²) in [6.45, 7) is 1.90. The van der Waals surface area contributed by atoms with E-state index in [0.29, 0.717) is 6.54 Å². The second-order valence-corrected chi connectivity index (χ2v) is 7.38. The van der Waals surface area contributed by atoms with Gasteiger partial charge >= 0.3 is 6.03 Å². The lowest BCUT2D eigenvalue weighted by atomic mass is 10.2. The molecule has 1 aromatic heterocycles. The average molecular weight is 414 g/mol. The van der Waals surface area contributed by atoms with Crippen molar-refractivity contribution in [1.82, 2.24) is 25.5 Å². The highest BCUT2D eigenvalue weighted by atomic mass is 32.2. The van der Waals surface area contributed by atoms with Crippen LogP contribution in [0, 0.1) is 5.82 Å². The fraction of sp³-hybridized carbons (Fsp3) is 0.158. The molecule has 0 saturated heterocycles. The number of halogens is 1. The maximum atomic E-state index is 13.9. The van der Waals surface area contributed by atoms with Crippen molar-refractivity contribution in [3.8, 4) is 11.4 Å². The number of urea groups is 1. The van der Waals surface area contributed by atoms with E-state index >= 15 is 0 Å². The van der Waals surface area contributed by atoms with E-state index < -0.39 is 23.0 Å². The number of nitrogens with two attached hydrogens (primary N) is 1. The fourth-order valence-electron chi connectivity index (χ4n) is 2.43. The molecule has 0 bridgehead atoms. The van der Waals surface area contributed by atoms with Crippen LogP contribution in [0.3, 0.4) is 0 Å². The molecule has 1 atom stereocenters. The van der Waals surface area contributed by atoms with E-state index in [0.717, 1.165) is 22.0 Å². The Morgan fingerprint density at radius 1 is 1.14 bits per heavy atom. The number of nitrogen functional groups attached to an aromatic ring is 1. The molecule has 4 N–H and O–H groups in total. The number of nitrogens with zero attached hydrogens (tertiary/aromatic N) is 3. The van der Waals surface area contributed by atoms with E-state index in [1.807, 2.05) is 30.3 Å². The van der Waals surface area contributed by atoms with Gasteiger partial charge in [0.25, 0.3) is 0 Å². The summed E-state index contributed by atoms with van der Waals surface area (Å²) < 4.78 is 15.1. The molecule has 0 radical (unpaired) electrons. The third-order valence-corrected chi connectivity index (χ3v) is 5.02. The van der Waals surface area contributed by atoms with Crippen LogP contribution in [-0.4, -0.2) is 32.1 Å². The molecular weight excluding hydrogens is 395 g/mol. The van der Waals surface area contributed by atoms with Gasteiger partial charge in [-0.15, -0.1) is 10.2 Å². The van der Waals surface area contributed by atoms with Crippen molar-refractivity contribution in [3.05, 3.63) is 66.0 Å². The Kier molecular flexibility index (Phi) is 6.45. The number of aromatic nitrogens is 3. The van der Waals surface area contributed by atoms with Gasteiger partial charge in [0.15, 0.2) is 5.82 Å². The van der Waals surface area contributed by atoms with Crippen molar-refractivity contribution < 1.29 is 14.0 Å². The van der Waals surface area contributed by atoms with E-state index in [9.17, 15) is 14.0 Å². The lowest BCUT2D eigenvalue weighted by Gasteiger charge is -2.11. The minimum atomic E-state index is -0.683. The first-order valence-corrected chi connectivity index (χ1v) is 9.58. The van der Waals surface area contributed by atoms with E-state index in [4.69, 9.17) is 5.84 Å². The van der Waals surface area contributed by atoms with Crippen molar-refractivity contribution >= 4 is 23.7 Å². The largest absolute Gasteiger partial charge is 0.335 e. The minimum Gasteiger partial charge on any atom is -0.335 e. The smallest absolute Gasteiger partial charge is 0.321 e. The van der Waals surface area contributed by atoms with Crippen LogP contribution < -0.4 is 16.5 Å². The normalized spacial score (nSPS) is 11.7. The van der Waals surface area contributed by atoms with E-state index in [-0.39, 0.29) is 16.5 Å². The van der Waals surface area contributed by atoms with Crippen LogP contribution in [0.4, 0.5) is 9.18 Å². The predicted molar refractivity (Wildman–Crippen MR) is 108 cm³/mol. The molecule has 0 spiro atoms. The molecular formula is C19H19FN6O2S. The topological polar surface area (TPSA) is 115 Å². The molecule has 1 heterocycles. The zero-order valence-corrected chi connectivity index (χ0v) is 16.3. The molecule has 29 heavy (non-hydrogen) atoms. The molecule has 0 aliphatic heterocycles. The molecule has 3 amide bonds. The Hall–Kier alpha value is -3.40. The van der Waals surface area contributed by atoms with Crippen molar-refractivity contribution in [3.63, 3.8) is 0 Å². The minimum absolute atomic E-state index is 0.138. The van der Waals surface area contributed by atoms with Gasteiger partial charge in [-0.25, -0.2) is 13.9 Å². The maximum absolute atomic E-state index is 13.9. The van der Waals surface area contributed by atoms with Gasteiger partial charge in [0.2, 0.25) is 11.1 Å². The summed E-state index contributed by atoms with van der Waals surface area (Å²) in [6.07, 6.45) is 0. The predicted octanol–water partition coefficient (Wildman–Crippen LogP) is 2.30. The van der Waals surface area contributed by atoms with Gasteiger partial charge in [0.1, 0.15) is 5.82 Å². The Morgan fingerprint density at radius 3 is 2.55 bits per heavy atom. The van der Waals surface area contributed by atoms with Gasteiger partial charge in [0, 0.05) is 6.54 Å². The quantitative estimate of drug-likeness (QED) is 0.421. The molecule has 10 heteroatoms. The van der Waals surface area contributed by atoms with Crippen LogP contribution in [0.5, 0.6) is 0 Å². The van der Waals surface area contributed by atoms with E-state index in [2.05, 4.69) is 20.8 Å². The fourth-order valence-corrected chi connectivity index (χ4v) is 3.20. The third-order valence-electron chi connectivity index (χ3n) is 3.96. The molecule has 0 saturated carbocycles. The molecule has 3 rings (SSSR count). The Bertz CT molecular complexity index is 1010. The van der Waals surface area contributed by atoms with Gasteiger partial charge in [-0.2, -0.15) is 0 Å². The lowest BCUT2D eigenvalue weighted by Crippen LogP contribution is -2.42. The average Bonchev–Trinajstić information content (AvgIpc) is 3.07. The zero-order valence-electron chi connectivity index (χ0n) is 15.5. The summed E-state index contributed by atoms with van der Waals surface area (Å²) in [5, 5.41) is 12.2. The van der Waals surface area contributed by atoms with Crippen molar-refractivity contribution in [1.29, 1.82) is 0 Å². The summed E-state index contributed by atoms with van der Waals surface area (Å²) in [5.74, 6) is 5.10. The second-order valence-electron chi connectivity index (χ2n) is 6.07. The summed E-state index contributed by atoms with van der Waals surface area (Å²) in [4.78, 5) is 24.2. The van der Waals surface area contributed by atoms with Gasteiger partial charge in [-0.1, -0.05) is 54.2 Å². The number of amides is 3. The van der Waals surface area contributed by atoms with Crippen molar-refractivity contribution in [2.45, 2.75) is 23.9 Å². The maximum Gasteiger partial charge on any atom is 0.321 e. The number of rotatable bonds is 6. The van der Waals surface area contributed by atoms with Crippen LogP contribution in [-0.2, 0) is 11.3 Å². The first kappa shape index (κ1) is 20.3. The molecule has 2 aromatic carbocycles. The summed E-state index contributed by atoms with van der Waals surface area (Å²) in [5.41, 5.74) is 1.11. The van der Waals surface area contributed by atoms with Gasteiger partial charge < -0.3 is 11.2 Å². The number of imide groups is 1. The number of nitrogens with one attached hydrogen (secondary N) is 2. The summed E-state index contributed by atoms with van der Waals surface area (Å²) >= 11 is 1.01. The van der Waals surface area contributed by atoms with Gasteiger partial charge in [-0.05, 0) is 24.6 Å². The van der Waals surface area contributed by atoms with Crippen LogP contribution in [0.25, 0.3) is 11.4 Å². The van der Waals surface area contributed by atoms with E-state index in [1.165, 1.54) is 12.1 Å². The Labute approximate surface area is 170 Å². The molecule has 0 aliphatic carbocycles. The first-order chi connectivity index (χ1) is 14.0. The molecule has 8 nitrogen and oxygen atoms in total. The Morgan fingerprint density at radius 2 is 1.83 bits per heavy atom. The number of hydrogen-bond acceptors (Lipinski definition) is 6. The van der Waals surface area contributed by atoms with Crippen LogP contribution in [0.1, 0.15) is 12.5 Å². The summed E-state index contributed by atoms with van der Waals surface area (Å²) in [6, 6.07) is 14.8. The standard InChI is InChI=1S/C19H19FN6O2S/c1-12(17(27)23-18(28)22-11-13-7-3-2-4-8-13)29-19-25-24-16(26(19)21)14-9-5-6-10-15(14)20/h2-10,12H,11,21H2,1H3,(H2,22,23,27,28)/t12-/m0/s1. The molecule has 0 aliphatic rings. The molecule has 150 valence electrons. The second kappa shape index (κ2) is 9.20. The SMILES string of the molecule is C[C@H](Sc1nnc(-c2ccccc2F)n1N)C(=O)NC(=O)NCc1ccccc1. The van der Waals surface area contributed by atoms with Crippen LogP contribution in [0.2, 0.25) is 0 Å². The lowest BCUT2D eigenvalue weighted by molar-refractivity contribution is -0.119. The third kappa shape index (κ3) is 5.11. The highest BCUT2D eigenvalue weighted by Crippen LogP contribution is 2.26. The number of thioether (sulfide) groups is 1. The monoisotopic (exact) mass is 414 g/mol. The number of hydrogen-bond donors (Lipinski definition) is 3. The molecule has 0 unspecified atom stereocenters. The van der Waals surface area contributed by atoms with Crippen LogP contribution in [0.15, 0.2) is 59.8 Å². The molecule has 0 fully saturated rings. The highest BCUT2D eigenvalue weighted by Gasteiger charge is 2.22. The first-order valence-electron chi connectivity index (χ1n) is 8.70. The van der Waals surface area contributed by atoms with E-state index in [1.54, 1.807) is 19.1 Å². The highest BCUT2D eigenvalue weighted by molar-refractivity contribution is 8.00. The zero-order chi connectivity index (χ0) is 20.8. The number of benzene rings is 2. The van der Waals surface area contributed by atoms with Crippen molar-refractivity contribution in [2.75, 3.05) is 5.84 Å². The molecule has 3 aromatic rings.